The number of ether oxygens (including phenoxy) is 1. The first-order valence-electron chi connectivity index (χ1n) is 11.7. The summed E-state index contributed by atoms with van der Waals surface area (Å²) in [7, 11) is 0. The zero-order chi connectivity index (χ0) is 25.3. The topological polar surface area (TPSA) is 111 Å². The predicted molar refractivity (Wildman–Crippen MR) is 147 cm³/mol. The Bertz CT molecular complexity index is 1250. The zero-order valence-corrected chi connectivity index (χ0v) is 22.2. The van der Waals surface area contributed by atoms with Crippen LogP contribution >= 0.6 is 35.7 Å². The second-order valence-corrected chi connectivity index (χ2v) is 10.6. The van der Waals surface area contributed by atoms with Gasteiger partial charge in [-0.1, -0.05) is 30.3 Å². The predicted octanol–water partition coefficient (Wildman–Crippen LogP) is 4.39. The van der Waals surface area contributed by atoms with Crippen molar-refractivity contribution in [2.75, 3.05) is 25.1 Å². The van der Waals surface area contributed by atoms with Crippen LogP contribution in [0.3, 0.4) is 0 Å². The molecule has 0 radical (unpaired) electrons. The maximum Gasteiger partial charge on any atom is 0.231 e. The van der Waals surface area contributed by atoms with Crippen LogP contribution < -0.4 is 10.6 Å². The molecule has 0 unspecified atom stereocenters. The van der Waals surface area contributed by atoms with E-state index in [-0.39, 0.29) is 5.41 Å². The highest BCUT2D eigenvalue weighted by Crippen LogP contribution is 2.34. The summed E-state index contributed by atoms with van der Waals surface area (Å²) >= 11 is 8.34. The Hall–Kier alpha value is -3.19. The van der Waals surface area contributed by atoms with Gasteiger partial charge in [-0.15, -0.1) is 0 Å². The van der Waals surface area contributed by atoms with Crippen LogP contribution in [0.25, 0.3) is 0 Å². The Kier molecular flexibility index (Phi) is 8.51. The van der Waals surface area contributed by atoms with Gasteiger partial charge in [0.1, 0.15) is 10.1 Å². The molecule has 1 aliphatic heterocycles. The molecule has 0 aliphatic carbocycles. The Morgan fingerprint density at radius 3 is 1.97 bits per heavy atom. The molecule has 0 bridgehead atoms. The molecule has 4 aromatic rings. The molecule has 9 nitrogen and oxygen atoms in total. The van der Waals surface area contributed by atoms with Crippen molar-refractivity contribution in [2.45, 2.75) is 38.6 Å². The summed E-state index contributed by atoms with van der Waals surface area (Å²) in [5.74, 6) is 0.373. The van der Waals surface area contributed by atoms with E-state index in [1.807, 2.05) is 12.1 Å². The fourth-order valence-electron chi connectivity index (χ4n) is 3.94. The van der Waals surface area contributed by atoms with Gasteiger partial charge in [-0.25, -0.2) is 29.9 Å². The van der Waals surface area contributed by atoms with E-state index in [0.717, 1.165) is 26.1 Å². The first kappa shape index (κ1) is 25.5. The lowest BCUT2D eigenvalue weighted by Gasteiger charge is -2.38. The highest BCUT2D eigenvalue weighted by molar-refractivity contribution is 7.99. The zero-order valence-electron chi connectivity index (χ0n) is 19.8. The van der Waals surface area contributed by atoms with Crippen LogP contribution in [0.4, 0.5) is 5.95 Å². The first-order valence-corrected chi connectivity index (χ1v) is 13.7. The molecule has 2 N–H and O–H groups in total. The summed E-state index contributed by atoms with van der Waals surface area (Å²) in [6, 6.07) is 15.9. The summed E-state index contributed by atoms with van der Waals surface area (Å²) < 4.78 is 5.65. The van der Waals surface area contributed by atoms with Crippen molar-refractivity contribution in [3.63, 3.8) is 0 Å². The standard InChI is InChI=1S/C25H24N8OS3/c35-22(30-17-25(8-14-34-15-9-25)18-6-2-1-3-7-18)33-21-31-19(36-23-26-10-4-11-27-23)16-20(32-21)37-24-28-12-5-13-29-24/h1-7,10-13,16H,8-9,14-15,17H2,(H2,30,31,32,33,35). The van der Waals surface area contributed by atoms with E-state index < -0.39 is 0 Å². The molecular weight excluding hydrogens is 525 g/mol. The van der Waals surface area contributed by atoms with Crippen LogP contribution in [0.1, 0.15) is 18.4 Å². The molecule has 0 atom stereocenters. The SMILES string of the molecule is S=C(NCC1(c2ccccc2)CCOCC1)Nc1nc(Sc2ncccn2)cc(Sc2ncccn2)n1. The van der Waals surface area contributed by atoms with E-state index in [2.05, 4.69) is 64.8 Å². The van der Waals surface area contributed by atoms with Gasteiger partial charge in [0.25, 0.3) is 0 Å². The molecule has 1 aromatic carbocycles. The van der Waals surface area contributed by atoms with Gasteiger partial charge in [-0.05, 0) is 66.3 Å². The van der Waals surface area contributed by atoms with E-state index in [4.69, 9.17) is 17.0 Å². The van der Waals surface area contributed by atoms with Crippen molar-refractivity contribution in [3.05, 3.63) is 78.9 Å². The van der Waals surface area contributed by atoms with Gasteiger partial charge >= 0.3 is 0 Å². The smallest absolute Gasteiger partial charge is 0.231 e. The number of nitrogens with one attached hydrogen (secondary N) is 2. The highest BCUT2D eigenvalue weighted by atomic mass is 32.2. The van der Waals surface area contributed by atoms with Gasteiger partial charge in [0, 0.05) is 56.0 Å². The number of hydrogen-bond acceptors (Lipinski definition) is 10. The number of aromatic nitrogens is 6. The minimum absolute atomic E-state index is 0.0554. The maximum atomic E-state index is 5.65. The average molecular weight is 549 g/mol. The van der Waals surface area contributed by atoms with Crippen molar-refractivity contribution in [1.29, 1.82) is 0 Å². The lowest BCUT2D eigenvalue weighted by Crippen LogP contribution is -2.45. The van der Waals surface area contributed by atoms with Gasteiger partial charge in [0.15, 0.2) is 15.4 Å². The normalized spacial score (nSPS) is 14.6. The van der Waals surface area contributed by atoms with E-state index in [1.54, 1.807) is 36.9 Å². The van der Waals surface area contributed by atoms with Crippen LogP contribution in [0.15, 0.2) is 93.7 Å². The van der Waals surface area contributed by atoms with Crippen molar-refractivity contribution in [2.24, 2.45) is 0 Å². The Morgan fingerprint density at radius 2 is 1.41 bits per heavy atom. The Morgan fingerprint density at radius 1 is 0.838 bits per heavy atom. The molecule has 3 aromatic heterocycles. The lowest BCUT2D eigenvalue weighted by atomic mass is 9.74. The summed E-state index contributed by atoms with van der Waals surface area (Å²) in [6.07, 6.45) is 8.62. The first-order chi connectivity index (χ1) is 18.2. The second-order valence-electron chi connectivity index (χ2n) is 8.20. The molecule has 1 aliphatic rings. The quantitative estimate of drug-likeness (QED) is 0.185. The molecule has 4 heterocycles. The largest absolute Gasteiger partial charge is 0.381 e. The number of rotatable bonds is 8. The molecule has 1 saturated heterocycles. The van der Waals surface area contributed by atoms with Gasteiger partial charge in [-0.3, -0.25) is 0 Å². The highest BCUT2D eigenvalue weighted by Gasteiger charge is 2.34. The lowest BCUT2D eigenvalue weighted by molar-refractivity contribution is 0.0515. The van der Waals surface area contributed by atoms with E-state index in [0.29, 0.717) is 38.0 Å². The molecule has 12 heteroatoms. The van der Waals surface area contributed by atoms with Crippen LogP contribution in [-0.2, 0) is 10.2 Å². The third-order valence-corrected chi connectivity index (χ3v) is 7.67. The monoisotopic (exact) mass is 548 g/mol. The molecule has 0 amide bonds. The molecule has 0 saturated carbocycles. The van der Waals surface area contributed by atoms with Gasteiger partial charge in [0.2, 0.25) is 5.95 Å². The average Bonchev–Trinajstić information content (AvgIpc) is 2.94. The third kappa shape index (κ3) is 6.98. The van der Waals surface area contributed by atoms with Gasteiger partial charge < -0.3 is 15.4 Å². The molecule has 5 rings (SSSR count). The minimum atomic E-state index is -0.0554. The minimum Gasteiger partial charge on any atom is -0.381 e. The third-order valence-electron chi connectivity index (χ3n) is 5.80. The summed E-state index contributed by atoms with van der Waals surface area (Å²) in [6.45, 7) is 2.13. The van der Waals surface area contributed by atoms with Crippen LogP contribution in [0.2, 0.25) is 0 Å². The van der Waals surface area contributed by atoms with E-state index >= 15 is 0 Å². The molecular formula is C25H24N8OS3. The second kappa shape index (κ2) is 12.4. The number of thiocarbonyl (C=S) groups is 1. The van der Waals surface area contributed by atoms with Crippen LogP contribution in [0, 0.1) is 0 Å². The number of benzene rings is 1. The fraction of sp³-hybridized carbons (Fsp3) is 0.240. The number of nitrogens with zero attached hydrogens (tertiary/aromatic N) is 6. The van der Waals surface area contributed by atoms with Crippen molar-refractivity contribution in [3.8, 4) is 0 Å². The van der Waals surface area contributed by atoms with Crippen molar-refractivity contribution < 1.29 is 4.74 Å². The molecule has 1 fully saturated rings. The van der Waals surface area contributed by atoms with Gasteiger partial charge in [0.05, 0.1) is 0 Å². The van der Waals surface area contributed by atoms with Crippen LogP contribution in [-0.4, -0.2) is 54.8 Å². The molecule has 37 heavy (non-hydrogen) atoms. The summed E-state index contributed by atoms with van der Waals surface area (Å²) in [4.78, 5) is 26.4. The maximum absolute atomic E-state index is 5.65. The summed E-state index contributed by atoms with van der Waals surface area (Å²) in [5, 5.41) is 9.54. The number of hydrogen-bond donors (Lipinski definition) is 2. The van der Waals surface area contributed by atoms with Crippen molar-refractivity contribution in [1.82, 2.24) is 35.2 Å². The Labute approximate surface area is 228 Å². The van der Waals surface area contributed by atoms with E-state index in [1.165, 1.54) is 29.1 Å². The molecule has 0 spiro atoms. The van der Waals surface area contributed by atoms with Gasteiger partial charge in [-0.2, -0.15) is 0 Å². The fourth-order valence-corrected chi connectivity index (χ4v) is 5.62. The van der Waals surface area contributed by atoms with E-state index in [9.17, 15) is 0 Å². The molecule has 188 valence electrons. The Balaban J connectivity index is 1.32. The van der Waals surface area contributed by atoms with Crippen molar-refractivity contribution >= 4 is 46.8 Å². The number of anilines is 1. The van der Waals surface area contributed by atoms with Crippen LogP contribution in [0.5, 0.6) is 0 Å². The summed E-state index contributed by atoms with van der Waals surface area (Å²) in [5.41, 5.74) is 1.23.